The van der Waals surface area contributed by atoms with Gasteiger partial charge in [-0.25, -0.2) is 0 Å². The van der Waals surface area contributed by atoms with Gasteiger partial charge in [0.1, 0.15) is 5.54 Å². The summed E-state index contributed by atoms with van der Waals surface area (Å²) in [5.41, 5.74) is 3.42. The third-order valence-corrected chi connectivity index (χ3v) is 4.62. The van der Waals surface area contributed by atoms with Gasteiger partial charge in [0.15, 0.2) is 0 Å². The molecule has 130 valence electrons. The van der Waals surface area contributed by atoms with Gasteiger partial charge in [0, 0.05) is 17.4 Å². The van der Waals surface area contributed by atoms with Crippen LogP contribution < -0.4 is 11.1 Å². The third-order valence-electron chi connectivity index (χ3n) is 4.62. The number of carbonyl (C=O) groups is 2. The van der Waals surface area contributed by atoms with Gasteiger partial charge < -0.3 is 16.0 Å². The molecule has 0 aromatic rings. The molecule has 2 amide bonds. The minimum Gasteiger partial charge on any atom is -0.369 e. The number of nitrogens with one attached hydrogen (secondary N) is 1. The van der Waals surface area contributed by atoms with Gasteiger partial charge in [-0.05, 0) is 53.1 Å². The maximum absolute atomic E-state index is 12.9. The van der Waals surface area contributed by atoms with E-state index in [0.29, 0.717) is 19.3 Å². The molecule has 0 aromatic heterocycles. The van der Waals surface area contributed by atoms with E-state index in [4.69, 9.17) is 5.73 Å². The number of hydrogen-bond donors (Lipinski definition) is 2. The van der Waals surface area contributed by atoms with Crippen molar-refractivity contribution in [3.63, 3.8) is 0 Å². The van der Waals surface area contributed by atoms with Crippen molar-refractivity contribution in [3.8, 4) is 6.07 Å². The van der Waals surface area contributed by atoms with Crippen LogP contribution in [0.3, 0.4) is 0 Å². The average Bonchev–Trinajstić information content (AvgIpc) is 2.44. The van der Waals surface area contributed by atoms with Gasteiger partial charge in [0.05, 0.1) is 6.07 Å². The van der Waals surface area contributed by atoms with Crippen molar-refractivity contribution < 1.29 is 9.59 Å². The lowest BCUT2D eigenvalue weighted by Crippen LogP contribution is -2.62. The summed E-state index contributed by atoms with van der Waals surface area (Å²) in [6, 6.07) is 2.40. The highest BCUT2D eigenvalue weighted by Crippen LogP contribution is 2.34. The van der Waals surface area contributed by atoms with E-state index in [-0.39, 0.29) is 12.3 Å². The van der Waals surface area contributed by atoms with Crippen LogP contribution in [0.1, 0.15) is 60.3 Å². The van der Waals surface area contributed by atoms with E-state index < -0.39 is 22.4 Å². The van der Waals surface area contributed by atoms with Crippen LogP contribution in [0.2, 0.25) is 0 Å². The largest absolute Gasteiger partial charge is 0.369 e. The predicted octanol–water partition coefficient (Wildman–Crippen LogP) is 1.55. The smallest absolute Gasteiger partial charge is 0.224 e. The summed E-state index contributed by atoms with van der Waals surface area (Å²) in [6.45, 7) is 10.8. The standard InChI is InChI=1S/C17H30N4O2/c1-15(2,3)21(17(12-18)8-10-20-11-9-17)13(22)6-7-16(4,5)14(19)23/h20H,6-11H2,1-5H3,(H2,19,23). The molecule has 1 aliphatic heterocycles. The molecule has 6 heteroatoms. The van der Waals surface area contributed by atoms with Crippen LogP contribution in [0, 0.1) is 16.7 Å². The molecule has 1 saturated heterocycles. The molecule has 1 rings (SSSR count). The number of rotatable bonds is 5. The first-order valence-corrected chi connectivity index (χ1v) is 8.21. The van der Waals surface area contributed by atoms with Gasteiger partial charge in [-0.1, -0.05) is 13.8 Å². The van der Waals surface area contributed by atoms with Gasteiger partial charge >= 0.3 is 0 Å². The van der Waals surface area contributed by atoms with Crippen molar-refractivity contribution in [3.05, 3.63) is 0 Å². The summed E-state index contributed by atoms with van der Waals surface area (Å²) in [6.07, 6.45) is 1.83. The summed E-state index contributed by atoms with van der Waals surface area (Å²) < 4.78 is 0. The third kappa shape index (κ3) is 4.44. The molecule has 0 atom stereocenters. The maximum Gasteiger partial charge on any atom is 0.224 e. The Hall–Kier alpha value is -1.61. The SMILES string of the molecule is CC(C)(CCC(=O)N(C(C)(C)C)C1(C#N)CCNCC1)C(N)=O. The van der Waals surface area contributed by atoms with Crippen molar-refractivity contribution in [2.75, 3.05) is 13.1 Å². The quantitative estimate of drug-likeness (QED) is 0.802. The number of nitriles is 1. The summed E-state index contributed by atoms with van der Waals surface area (Å²) in [4.78, 5) is 26.1. The molecular weight excluding hydrogens is 292 g/mol. The highest BCUT2D eigenvalue weighted by atomic mass is 16.2. The molecule has 0 spiro atoms. The van der Waals surface area contributed by atoms with E-state index in [2.05, 4.69) is 11.4 Å². The van der Waals surface area contributed by atoms with Crippen LogP contribution in [-0.2, 0) is 9.59 Å². The van der Waals surface area contributed by atoms with E-state index in [9.17, 15) is 14.9 Å². The lowest BCUT2D eigenvalue weighted by molar-refractivity contribution is -0.144. The van der Waals surface area contributed by atoms with Gasteiger partial charge in [-0.15, -0.1) is 0 Å². The van der Waals surface area contributed by atoms with Gasteiger partial charge in [-0.2, -0.15) is 5.26 Å². The molecule has 0 aliphatic carbocycles. The Morgan fingerprint density at radius 3 is 2.13 bits per heavy atom. The molecule has 0 saturated carbocycles. The van der Waals surface area contributed by atoms with Crippen molar-refractivity contribution in [2.45, 2.75) is 71.4 Å². The molecule has 0 unspecified atom stereocenters. The van der Waals surface area contributed by atoms with E-state index >= 15 is 0 Å². The van der Waals surface area contributed by atoms with Gasteiger partial charge in [-0.3, -0.25) is 9.59 Å². The number of carbonyl (C=O) groups excluding carboxylic acids is 2. The fraction of sp³-hybridized carbons (Fsp3) is 0.824. The fourth-order valence-corrected chi connectivity index (χ4v) is 3.14. The van der Waals surface area contributed by atoms with Crippen molar-refractivity contribution in [1.82, 2.24) is 10.2 Å². The number of amides is 2. The molecule has 0 aromatic carbocycles. The predicted molar refractivity (Wildman–Crippen MR) is 89.3 cm³/mol. The Morgan fingerprint density at radius 1 is 1.22 bits per heavy atom. The monoisotopic (exact) mass is 322 g/mol. The zero-order chi connectivity index (χ0) is 17.9. The Labute approximate surface area is 139 Å². The van der Waals surface area contributed by atoms with E-state index in [1.807, 2.05) is 20.8 Å². The van der Waals surface area contributed by atoms with Gasteiger partial charge in [0.25, 0.3) is 0 Å². The second-order valence-corrected chi connectivity index (χ2v) is 8.04. The fourth-order valence-electron chi connectivity index (χ4n) is 3.14. The number of primary amides is 1. The molecule has 1 fully saturated rings. The first-order chi connectivity index (χ1) is 10.5. The average molecular weight is 322 g/mol. The normalized spacial score (nSPS) is 18.1. The zero-order valence-corrected chi connectivity index (χ0v) is 15.0. The maximum atomic E-state index is 12.9. The topological polar surface area (TPSA) is 99.2 Å². The first kappa shape index (κ1) is 19.4. The molecule has 0 radical (unpaired) electrons. The second-order valence-electron chi connectivity index (χ2n) is 8.04. The van der Waals surface area contributed by atoms with E-state index in [1.165, 1.54) is 0 Å². The van der Waals surface area contributed by atoms with Crippen molar-refractivity contribution in [2.24, 2.45) is 11.1 Å². The number of nitrogens with zero attached hydrogens (tertiary/aromatic N) is 2. The molecule has 1 heterocycles. The Bertz CT molecular complexity index is 494. The van der Waals surface area contributed by atoms with E-state index in [0.717, 1.165) is 13.1 Å². The minimum absolute atomic E-state index is 0.0877. The van der Waals surface area contributed by atoms with Crippen LogP contribution in [0.25, 0.3) is 0 Å². The molecule has 0 bridgehead atoms. The molecule has 6 nitrogen and oxygen atoms in total. The zero-order valence-electron chi connectivity index (χ0n) is 15.0. The summed E-state index contributed by atoms with van der Waals surface area (Å²) in [7, 11) is 0. The molecule has 23 heavy (non-hydrogen) atoms. The highest BCUT2D eigenvalue weighted by Gasteiger charge is 2.46. The summed E-state index contributed by atoms with van der Waals surface area (Å²) in [5.74, 6) is -0.500. The Kier molecular flexibility index (Phi) is 5.81. The van der Waals surface area contributed by atoms with Crippen LogP contribution in [0.4, 0.5) is 0 Å². The van der Waals surface area contributed by atoms with Gasteiger partial charge in [0.2, 0.25) is 11.8 Å². The number of nitrogens with two attached hydrogens (primary N) is 1. The lowest BCUT2D eigenvalue weighted by atomic mass is 9.82. The lowest BCUT2D eigenvalue weighted by Gasteiger charge is -2.49. The minimum atomic E-state index is -0.780. The van der Waals surface area contributed by atoms with Crippen LogP contribution in [0.5, 0.6) is 0 Å². The summed E-state index contributed by atoms with van der Waals surface area (Å²) in [5, 5.41) is 13.0. The van der Waals surface area contributed by atoms with Crippen LogP contribution >= 0.6 is 0 Å². The summed E-state index contributed by atoms with van der Waals surface area (Å²) >= 11 is 0. The second kappa shape index (κ2) is 6.88. The number of hydrogen-bond acceptors (Lipinski definition) is 4. The molecule has 3 N–H and O–H groups in total. The van der Waals surface area contributed by atoms with Crippen molar-refractivity contribution in [1.29, 1.82) is 5.26 Å². The van der Waals surface area contributed by atoms with E-state index in [1.54, 1.807) is 18.7 Å². The first-order valence-electron chi connectivity index (χ1n) is 8.21. The highest BCUT2D eigenvalue weighted by molar-refractivity contribution is 5.82. The Balaban J connectivity index is 3.01. The molecule has 1 aliphatic rings. The molecular formula is C17H30N4O2. The number of piperidine rings is 1. The van der Waals surface area contributed by atoms with Crippen molar-refractivity contribution >= 4 is 11.8 Å². The van der Waals surface area contributed by atoms with Crippen LogP contribution in [0.15, 0.2) is 0 Å². The Morgan fingerprint density at radius 2 is 1.74 bits per heavy atom. The van der Waals surface area contributed by atoms with Crippen LogP contribution in [-0.4, -0.2) is 40.9 Å².